The van der Waals surface area contributed by atoms with Crippen molar-refractivity contribution in [3.63, 3.8) is 0 Å². The van der Waals surface area contributed by atoms with E-state index < -0.39 is 0 Å². The molecule has 0 radical (unpaired) electrons. The maximum Gasteiger partial charge on any atom is 0.338 e. The second-order valence-electron chi connectivity index (χ2n) is 13.0. The number of benzene rings is 3. The summed E-state index contributed by atoms with van der Waals surface area (Å²) in [4.78, 5) is 45.0. The first kappa shape index (κ1) is 36.5. The first-order valence-electron chi connectivity index (χ1n) is 18.3. The topological polar surface area (TPSA) is 89.2 Å². The largest absolute Gasteiger partial charge is 0.462 e. The van der Waals surface area contributed by atoms with Crippen LogP contribution in [0.15, 0.2) is 92.9 Å². The highest BCUT2D eigenvalue weighted by Gasteiger charge is 2.24. The summed E-state index contributed by atoms with van der Waals surface area (Å²) in [6, 6.07) is 20.0. The Morgan fingerprint density at radius 3 is 2.26 bits per heavy atom. The molecule has 0 N–H and O–H groups in total. The zero-order valence-corrected chi connectivity index (χ0v) is 30.3. The van der Waals surface area contributed by atoms with Crippen molar-refractivity contribution in [2.75, 3.05) is 31.1 Å². The Balaban J connectivity index is 1.21. The number of unbranched alkanes of at least 4 members (excludes halogenated alkanes) is 6. The highest BCUT2D eigenvalue weighted by atomic mass is 16.5. The molecule has 1 aliphatic heterocycles. The number of hydrogen-bond acceptors (Lipinski definition) is 7. The van der Waals surface area contributed by atoms with Gasteiger partial charge in [-0.15, -0.1) is 0 Å². The third-order valence-electron chi connectivity index (χ3n) is 9.77. The van der Waals surface area contributed by atoms with Crippen LogP contribution in [-0.2, 0) is 14.3 Å². The van der Waals surface area contributed by atoms with Gasteiger partial charge in [0.15, 0.2) is 11.6 Å². The molecular weight excluding hydrogens is 624 g/mol. The summed E-state index contributed by atoms with van der Waals surface area (Å²) in [5.74, 6) is 0.368. The van der Waals surface area contributed by atoms with E-state index in [-0.39, 0.29) is 17.5 Å². The van der Waals surface area contributed by atoms with Crippen LogP contribution in [0, 0.1) is 0 Å². The van der Waals surface area contributed by atoms with Crippen molar-refractivity contribution in [3.05, 3.63) is 94.4 Å². The summed E-state index contributed by atoms with van der Waals surface area (Å²) < 4.78 is 12.4. The van der Waals surface area contributed by atoms with Gasteiger partial charge in [0.1, 0.15) is 11.3 Å². The number of carbonyl (C=O) groups is 3. The van der Waals surface area contributed by atoms with Crippen molar-refractivity contribution in [3.8, 4) is 22.5 Å². The van der Waals surface area contributed by atoms with Crippen LogP contribution in [0.4, 0.5) is 5.69 Å². The number of anilines is 1. The van der Waals surface area contributed by atoms with Gasteiger partial charge in [-0.2, -0.15) is 0 Å². The van der Waals surface area contributed by atoms with Crippen LogP contribution >= 0.6 is 0 Å². The van der Waals surface area contributed by atoms with Crippen molar-refractivity contribution in [2.24, 2.45) is 4.99 Å². The van der Waals surface area contributed by atoms with Crippen LogP contribution < -0.4 is 10.3 Å². The van der Waals surface area contributed by atoms with Crippen LogP contribution in [-0.4, -0.2) is 43.8 Å². The van der Waals surface area contributed by atoms with Gasteiger partial charge in [-0.1, -0.05) is 50.3 Å². The lowest BCUT2D eigenvalue weighted by Gasteiger charge is -2.22. The van der Waals surface area contributed by atoms with Crippen LogP contribution in [0.1, 0.15) is 96.3 Å². The molecule has 7 nitrogen and oxygen atoms in total. The molecule has 2 aromatic carbocycles. The molecule has 2 aromatic rings. The third kappa shape index (κ3) is 8.32. The van der Waals surface area contributed by atoms with Crippen LogP contribution in [0.3, 0.4) is 0 Å². The summed E-state index contributed by atoms with van der Waals surface area (Å²) >= 11 is 0. The van der Waals surface area contributed by atoms with E-state index >= 15 is 0 Å². The second-order valence-corrected chi connectivity index (χ2v) is 13.0. The summed E-state index contributed by atoms with van der Waals surface area (Å²) in [5.41, 5.74) is 6.84. The fourth-order valence-corrected chi connectivity index (χ4v) is 6.76. The standard InChI is InChI=1S/C43H50N2O5/c1-6-44-32-21-23-36-39(27-32)50-40-28-33(45(7-2)8-3)22-24-37(40)41(36)34-19-15-16-20-35(34)43(48)49-25-17-13-11-9-10-12-14-18-31-26-38(46)29(4)30(5)42(31)47/h15-16,19-24,26-28H,6-14,17-18,25H2,1-5H3. The minimum atomic E-state index is -0.328. The average Bonchev–Trinajstić information content (AvgIpc) is 3.13. The van der Waals surface area contributed by atoms with Crippen LogP contribution in [0.2, 0.25) is 0 Å². The van der Waals surface area contributed by atoms with Gasteiger partial charge >= 0.3 is 5.97 Å². The molecule has 0 spiro atoms. The minimum absolute atomic E-state index is 0.0158. The van der Waals surface area contributed by atoms with Crippen molar-refractivity contribution >= 4 is 34.2 Å². The van der Waals surface area contributed by atoms with E-state index in [2.05, 4.69) is 41.9 Å². The van der Waals surface area contributed by atoms with E-state index in [0.29, 0.717) is 41.9 Å². The molecule has 0 saturated heterocycles. The van der Waals surface area contributed by atoms with Gasteiger partial charge in [-0.25, -0.2) is 4.79 Å². The Hall–Kier alpha value is -4.78. The maximum absolute atomic E-state index is 13.6. The number of ether oxygens (including phenoxy) is 1. The summed E-state index contributed by atoms with van der Waals surface area (Å²) in [7, 11) is 0. The lowest BCUT2D eigenvalue weighted by molar-refractivity contribution is -0.116. The van der Waals surface area contributed by atoms with E-state index in [9.17, 15) is 14.4 Å². The van der Waals surface area contributed by atoms with E-state index in [4.69, 9.17) is 9.15 Å². The normalized spacial score (nSPS) is 13.8. The molecule has 0 saturated carbocycles. The highest BCUT2D eigenvalue weighted by Crippen LogP contribution is 2.42. The lowest BCUT2D eigenvalue weighted by atomic mass is 9.88. The van der Waals surface area contributed by atoms with Crippen LogP contribution in [0.5, 0.6) is 0 Å². The first-order chi connectivity index (χ1) is 24.3. The molecule has 2 aliphatic carbocycles. The number of nitrogens with zero attached hydrogens (tertiary/aromatic N) is 2. The van der Waals surface area contributed by atoms with Crippen molar-refractivity contribution in [2.45, 2.75) is 86.0 Å². The predicted octanol–water partition coefficient (Wildman–Crippen LogP) is 9.66. The summed E-state index contributed by atoms with van der Waals surface area (Å²) in [6.07, 6.45) is 9.10. The van der Waals surface area contributed by atoms with Gasteiger partial charge in [0.25, 0.3) is 0 Å². The smallest absolute Gasteiger partial charge is 0.338 e. The molecule has 0 atom stereocenters. The van der Waals surface area contributed by atoms with Crippen molar-refractivity contribution in [1.29, 1.82) is 0 Å². The Morgan fingerprint density at radius 2 is 1.52 bits per heavy atom. The summed E-state index contributed by atoms with van der Waals surface area (Å²) in [5, 5.41) is 1.79. The van der Waals surface area contributed by atoms with E-state index in [1.54, 1.807) is 13.8 Å². The molecule has 262 valence electrons. The third-order valence-corrected chi connectivity index (χ3v) is 9.77. The Bertz CT molecular complexity index is 1960. The van der Waals surface area contributed by atoms with E-state index in [0.717, 1.165) is 102 Å². The van der Waals surface area contributed by atoms with Gasteiger partial charge < -0.3 is 14.1 Å². The van der Waals surface area contributed by atoms with Crippen molar-refractivity contribution < 1.29 is 23.5 Å². The predicted molar refractivity (Wildman–Crippen MR) is 202 cm³/mol. The number of hydrogen-bond donors (Lipinski definition) is 0. The zero-order valence-electron chi connectivity index (χ0n) is 30.3. The van der Waals surface area contributed by atoms with Gasteiger partial charge in [0.2, 0.25) is 0 Å². The number of allylic oxidation sites excluding steroid dienone is 4. The summed E-state index contributed by atoms with van der Waals surface area (Å²) in [6.45, 7) is 12.6. The Labute approximate surface area is 296 Å². The SMILES string of the molecule is CCN=c1ccc2c(-c3ccccc3C(=O)OCCCCCCCCCC3=CC(=O)C(C)=C(C)C3=O)c3ccc(N(CC)CC)cc3oc-2c1. The molecule has 0 aromatic heterocycles. The van der Waals surface area contributed by atoms with E-state index in [1.165, 1.54) is 6.08 Å². The first-order valence-corrected chi connectivity index (χ1v) is 18.3. The molecule has 1 heterocycles. The van der Waals surface area contributed by atoms with Crippen LogP contribution in [0.25, 0.3) is 33.4 Å². The molecule has 0 unspecified atom stereocenters. The average molecular weight is 675 g/mol. The minimum Gasteiger partial charge on any atom is -0.462 e. The molecule has 0 bridgehead atoms. The number of rotatable bonds is 16. The molecule has 0 amide bonds. The highest BCUT2D eigenvalue weighted by molar-refractivity contribution is 6.22. The number of Topliss-reactive ketones (excluding diaryl/α,β-unsaturated/α-hetero) is 1. The monoisotopic (exact) mass is 674 g/mol. The second kappa shape index (κ2) is 17.2. The molecule has 50 heavy (non-hydrogen) atoms. The zero-order chi connectivity index (χ0) is 35.6. The molecule has 5 rings (SSSR count). The quantitative estimate of drug-likeness (QED) is 0.0509. The van der Waals surface area contributed by atoms with Gasteiger partial charge in [-0.3, -0.25) is 14.6 Å². The number of carbonyl (C=O) groups excluding carboxylic acids is 3. The molecular formula is C43H50N2O5. The Morgan fingerprint density at radius 1 is 0.800 bits per heavy atom. The fraction of sp³-hybridized carbons (Fsp3) is 0.395. The number of fused-ring (bicyclic) bond motifs is 2. The van der Waals surface area contributed by atoms with E-state index in [1.807, 2.05) is 49.4 Å². The molecule has 7 heteroatoms. The fourth-order valence-electron chi connectivity index (χ4n) is 6.76. The molecule has 0 fully saturated rings. The van der Waals surface area contributed by atoms with Gasteiger partial charge in [0.05, 0.1) is 17.5 Å². The Kier molecular flexibility index (Phi) is 12.6. The van der Waals surface area contributed by atoms with Gasteiger partial charge in [-0.05, 0) is 95.9 Å². The van der Waals surface area contributed by atoms with Gasteiger partial charge in [0, 0.05) is 70.7 Å². The lowest BCUT2D eigenvalue weighted by Crippen LogP contribution is -2.21. The number of esters is 1. The maximum atomic E-state index is 13.6. The molecule has 3 aliphatic rings. The number of ketones is 2. The van der Waals surface area contributed by atoms with Crippen molar-refractivity contribution in [1.82, 2.24) is 0 Å².